The van der Waals surface area contributed by atoms with Gasteiger partial charge in [-0.25, -0.2) is 0 Å². The van der Waals surface area contributed by atoms with Crippen LogP contribution in [0.25, 0.3) is 0 Å². The number of carbonyl (C=O) groups is 1. The van der Waals surface area contributed by atoms with Gasteiger partial charge in [-0.1, -0.05) is 18.5 Å². The van der Waals surface area contributed by atoms with Crippen LogP contribution in [0, 0.1) is 6.92 Å². The van der Waals surface area contributed by atoms with E-state index in [-0.39, 0.29) is 18.3 Å². The molecule has 0 radical (unpaired) electrons. The summed E-state index contributed by atoms with van der Waals surface area (Å²) in [6.07, 6.45) is 1.58. The van der Waals surface area contributed by atoms with E-state index in [9.17, 15) is 4.79 Å². The maximum Gasteiger partial charge on any atom is 0.239 e. The number of aryl methyl sites for hydroxylation is 1. The molecule has 17 heavy (non-hydrogen) atoms. The van der Waals surface area contributed by atoms with Gasteiger partial charge in [0, 0.05) is 14.0 Å². The summed E-state index contributed by atoms with van der Waals surface area (Å²) in [5.74, 6) is 0.898. The van der Waals surface area contributed by atoms with E-state index in [1.54, 1.807) is 14.0 Å². The molecule has 7 heteroatoms. The van der Waals surface area contributed by atoms with Gasteiger partial charge in [0.2, 0.25) is 11.8 Å². The van der Waals surface area contributed by atoms with Gasteiger partial charge >= 0.3 is 0 Å². The highest BCUT2D eigenvalue weighted by molar-refractivity contribution is 5.85. The van der Waals surface area contributed by atoms with Crippen LogP contribution in [0.2, 0.25) is 0 Å². The average molecular weight is 263 g/mol. The molecule has 0 spiro atoms. The Kier molecular flexibility index (Phi) is 6.75. The maximum atomic E-state index is 11.8. The number of likely N-dealkylation sites (N-methyl/N-ethyl adjacent to an activating group) is 1. The van der Waals surface area contributed by atoms with Crippen LogP contribution in [0.4, 0.5) is 0 Å². The van der Waals surface area contributed by atoms with Crippen LogP contribution < -0.4 is 5.73 Å². The molecular formula is C10H19ClN4O2. The number of nitrogens with two attached hydrogens (primary N) is 1. The monoisotopic (exact) mass is 262 g/mol. The van der Waals surface area contributed by atoms with Crippen molar-refractivity contribution in [2.24, 2.45) is 5.73 Å². The fourth-order valence-electron chi connectivity index (χ4n) is 1.41. The molecule has 0 aliphatic carbocycles. The lowest BCUT2D eigenvalue weighted by molar-refractivity contribution is -0.132. The Morgan fingerprint density at radius 2 is 2.24 bits per heavy atom. The van der Waals surface area contributed by atoms with Crippen molar-refractivity contribution in [3.8, 4) is 0 Å². The second kappa shape index (κ2) is 7.24. The van der Waals surface area contributed by atoms with Gasteiger partial charge in [0.1, 0.15) is 0 Å². The Morgan fingerprint density at radius 3 is 2.71 bits per heavy atom. The summed E-state index contributed by atoms with van der Waals surface area (Å²) in [5.41, 5.74) is 5.73. The summed E-state index contributed by atoms with van der Waals surface area (Å²) in [5, 5.41) is 3.72. The molecule has 98 valence electrons. The van der Waals surface area contributed by atoms with Gasteiger partial charge < -0.3 is 15.2 Å². The van der Waals surface area contributed by atoms with Gasteiger partial charge in [0.15, 0.2) is 5.82 Å². The van der Waals surface area contributed by atoms with E-state index >= 15 is 0 Å². The molecule has 0 saturated carbocycles. The minimum absolute atomic E-state index is 0. The standard InChI is InChI=1S/C10H18N4O2.ClH/c1-4-5-8(11)10(15)14(3)6-9-12-7(2)16-13-9;/h8H,4-6,11H2,1-3H3;1H. The predicted molar refractivity (Wildman–Crippen MR) is 65.6 cm³/mol. The van der Waals surface area contributed by atoms with Crippen molar-refractivity contribution >= 4 is 18.3 Å². The number of aromatic nitrogens is 2. The molecule has 0 aliphatic rings. The third kappa shape index (κ3) is 4.70. The van der Waals surface area contributed by atoms with E-state index < -0.39 is 6.04 Å². The largest absolute Gasteiger partial charge is 0.340 e. The average Bonchev–Trinajstić information content (AvgIpc) is 2.63. The molecule has 0 aliphatic heterocycles. The molecule has 0 fully saturated rings. The Balaban J connectivity index is 0.00000256. The number of nitrogens with zero attached hydrogens (tertiary/aromatic N) is 3. The third-order valence-electron chi connectivity index (χ3n) is 2.24. The number of rotatable bonds is 5. The molecule has 2 N–H and O–H groups in total. The van der Waals surface area contributed by atoms with Gasteiger partial charge in [-0.2, -0.15) is 4.98 Å². The first-order valence-electron chi connectivity index (χ1n) is 5.34. The third-order valence-corrected chi connectivity index (χ3v) is 2.24. The van der Waals surface area contributed by atoms with Gasteiger partial charge in [0.25, 0.3) is 0 Å². The minimum Gasteiger partial charge on any atom is -0.340 e. The first kappa shape index (κ1) is 15.9. The molecular weight excluding hydrogens is 244 g/mol. The number of hydrogen-bond acceptors (Lipinski definition) is 5. The molecule has 1 aromatic rings. The van der Waals surface area contributed by atoms with E-state index in [1.165, 1.54) is 4.90 Å². The fourth-order valence-corrected chi connectivity index (χ4v) is 1.41. The summed E-state index contributed by atoms with van der Waals surface area (Å²) in [4.78, 5) is 17.3. The lowest BCUT2D eigenvalue weighted by Gasteiger charge is -2.19. The van der Waals surface area contributed by atoms with Crippen molar-refractivity contribution in [3.63, 3.8) is 0 Å². The van der Waals surface area contributed by atoms with Crippen LogP contribution in [0.5, 0.6) is 0 Å². The quantitative estimate of drug-likeness (QED) is 0.852. The topological polar surface area (TPSA) is 85.3 Å². The van der Waals surface area contributed by atoms with E-state index in [0.29, 0.717) is 24.7 Å². The molecule has 1 heterocycles. The zero-order valence-electron chi connectivity index (χ0n) is 10.3. The predicted octanol–water partition coefficient (Wildman–Crippen LogP) is 0.886. The lowest BCUT2D eigenvalue weighted by atomic mass is 10.1. The Labute approximate surface area is 107 Å². The molecule has 6 nitrogen and oxygen atoms in total. The summed E-state index contributed by atoms with van der Waals surface area (Å²) < 4.78 is 4.82. The molecule has 0 aromatic carbocycles. The van der Waals surface area contributed by atoms with Crippen molar-refractivity contribution in [2.75, 3.05) is 7.05 Å². The second-order valence-electron chi connectivity index (χ2n) is 3.82. The summed E-state index contributed by atoms with van der Waals surface area (Å²) in [6.45, 7) is 4.03. The van der Waals surface area contributed by atoms with Crippen LogP contribution in [0.15, 0.2) is 4.52 Å². The lowest BCUT2D eigenvalue weighted by Crippen LogP contribution is -2.41. The van der Waals surface area contributed by atoms with Gasteiger partial charge in [-0.15, -0.1) is 12.4 Å². The van der Waals surface area contributed by atoms with Crippen LogP contribution in [0.1, 0.15) is 31.5 Å². The molecule has 1 amide bonds. The first-order chi connectivity index (χ1) is 7.54. The van der Waals surface area contributed by atoms with Gasteiger partial charge in [-0.3, -0.25) is 4.79 Å². The number of hydrogen-bond donors (Lipinski definition) is 1. The molecule has 1 atom stereocenters. The van der Waals surface area contributed by atoms with Crippen LogP contribution in [-0.4, -0.2) is 34.0 Å². The molecule has 1 rings (SSSR count). The first-order valence-corrected chi connectivity index (χ1v) is 5.34. The molecule has 1 unspecified atom stereocenters. The second-order valence-corrected chi connectivity index (χ2v) is 3.82. The highest BCUT2D eigenvalue weighted by atomic mass is 35.5. The van der Waals surface area contributed by atoms with Crippen molar-refractivity contribution in [2.45, 2.75) is 39.3 Å². The Bertz CT molecular complexity index is 356. The van der Waals surface area contributed by atoms with Crippen molar-refractivity contribution in [1.29, 1.82) is 0 Å². The highest BCUT2D eigenvalue weighted by Gasteiger charge is 2.18. The molecule has 0 bridgehead atoms. The van der Waals surface area contributed by atoms with E-state index in [1.807, 2.05) is 6.92 Å². The highest BCUT2D eigenvalue weighted by Crippen LogP contribution is 2.03. The summed E-state index contributed by atoms with van der Waals surface area (Å²) in [6, 6.07) is -0.442. The number of halogens is 1. The SMILES string of the molecule is CCCC(N)C(=O)N(C)Cc1noc(C)n1.Cl. The smallest absolute Gasteiger partial charge is 0.239 e. The van der Waals surface area contributed by atoms with E-state index in [4.69, 9.17) is 10.3 Å². The number of amides is 1. The maximum absolute atomic E-state index is 11.8. The number of carbonyl (C=O) groups excluding carboxylic acids is 1. The van der Waals surface area contributed by atoms with Crippen molar-refractivity contribution < 1.29 is 9.32 Å². The van der Waals surface area contributed by atoms with Gasteiger partial charge in [0.05, 0.1) is 12.6 Å². The molecule has 1 aromatic heterocycles. The Hall–Kier alpha value is -1.14. The van der Waals surface area contributed by atoms with E-state index in [2.05, 4.69) is 10.1 Å². The van der Waals surface area contributed by atoms with Gasteiger partial charge in [-0.05, 0) is 6.42 Å². The van der Waals surface area contributed by atoms with Crippen LogP contribution >= 0.6 is 12.4 Å². The summed E-state index contributed by atoms with van der Waals surface area (Å²) >= 11 is 0. The Morgan fingerprint density at radius 1 is 1.59 bits per heavy atom. The van der Waals surface area contributed by atoms with Crippen molar-refractivity contribution in [3.05, 3.63) is 11.7 Å². The summed E-state index contributed by atoms with van der Waals surface area (Å²) in [7, 11) is 1.68. The molecule has 0 saturated heterocycles. The zero-order chi connectivity index (χ0) is 12.1. The van der Waals surface area contributed by atoms with Crippen LogP contribution in [0.3, 0.4) is 0 Å². The van der Waals surface area contributed by atoms with Crippen molar-refractivity contribution in [1.82, 2.24) is 15.0 Å². The zero-order valence-corrected chi connectivity index (χ0v) is 11.2. The fraction of sp³-hybridized carbons (Fsp3) is 0.700. The van der Waals surface area contributed by atoms with Crippen LogP contribution in [-0.2, 0) is 11.3 Å². The minimum atomic E-state index is -0.442. The van der Waals surface area contributed by atoms with E-state index in [0.717, 1.165) is 6.42 Å². The normalized spacial score (nSPS) is 11.8.